The maximum atomic E-state index is 6.11. The van der Waals surface area contributed by atoms with Crippen LogP contribution in [0.2, 0.25) is 0 Å². The molecule has 1 aliphatic heterocycles. The van der Waals surface area contributed by atoms with Crippen molar-refractivity contribution >= 4 is 28.0 Å². The second-order valence-electron chi connectivity index (χ2n) is 8.45. The first-order valence-corrected chi connectivity index (χ1v) is 11.3. The van der Waals surface area contributed by atoms with Gasteiger partial charge >= 0.3 is 0 Å². The van der Waals surface area contributed by atoms with Crippen LogP contribution in [-0.2, 0) is 0 Å². The Morgan fingerprint density at radius 1 is 0.871 bits per heavy atom. The average Bonchev–Trinajstić information content (AvgIpc) is 3.19. The van der Waals surface area contributed by atoms with E-state index in [0.29, 0.717) is 0 Å². The maximum absolute atomic E-state index is 6.11. The van der Waals surface area contributed by atoms with Gasteiger partial charge in [-0.1, -0.05) is 60.7 Å². The minimum Gasteiger partial charge on any atom is -0.494 e. The molecule has 0 spiro atoms. The van der Waals surface area contributed by atoms with Crippen molar-refractivity contribution < 1.29 is 9.15 Å². The van der Waals surface area contributed by atoms with Gasteiger partial charge in [0.15, 0.2) is 0 Å². The van der Waals surface area contributed by atoms with Crippen molar-refractivity contribution in [3.8, 4) is 5.75 Å². The van der Waals surface area contributed by atoms with Gasteiger partial charge in [-0.3, -0.25) is 4.90 Å². The highest BCUT2D eigenvalue weighted by molar-refractivity contribution is 6.05. The van der Waals surface area contributed by atoms with Crippen LogP contribution >= 0.6 is 0 Å². The average molecular weight is 412 g/mol. The quantitative estimate of drug-likeness (QED) is 0.335. The van der Waals surface area contributed by atoms with Gasteiger partial charge in [0.1, 0.15) is 16.9 Å². The van der Waals surface area contributed by atoms with Crippen LogP contribution < -0.4 is 4.74 Å². The second kappa shape index (κ2) is 9.40. The second-order valence-corrected chi connectivity index (χ2v) is 8.45. The number of piperidine rings is 1. The fraction of sp³-hybridized carbons (Fsp3) is 0.286. The van der Waals surface area contributed by atoms with E-state index in [1.807, 2.05) is 24.3 Å². The summed E-state index contributed by atoms with van der Waals surface area (Å²) in [5.74, 6) is 1.69. The highest BCUT2D eigenvalue weighted by Crippen LogP contribution is 2.31. The number of hydrogen-bond acceptors (Lipinski definition) is 3. The van der Waals surface area contributed by atoms with Crippen molar-refractivity contribution in [3.63, 3.8) is 0 Å². The third-order valence-corrected chi connectivity index (χ3v) is 6.32. The number of fused-ring (bicyclic) bond motifs is 3. The molecule has 1 saturated heterocycles. The largest absolute Gasteiger partial charge is 0.494 e. The molecule has 3 aromatic carbocycles. The summed E-state index contributed by atoms with van der Waals surface area (Å²) >= 11 is 0. The lowest BCUT2D eigenvalue weighted by molar-refractivity contribution is 0.175. The molecule has 0 radical (unpaired) electrons. The van der Waals surface area contributed by atoms with Gasteiger partial charge in [0, 0.05) is 17.3 Å². The fourth-order valence-electron chi connectivity index (χ4n) is 4.50. The summed E-state index contributed by atoms with van der Waals surface area (Å²) in [7, 11) is 0. The first-order chi connectivity index (χ1) is 15.3. The smallest absolute Gasteiger partial charge is 0.135 e. The van der Waals surface area contributed by atoms with E-state index in [4.69, 9.17) is 9.15 Å². The van der Waals surface area contributed by atoms with Gasteiger partial charge in [0.2, 0.25) is 0 Å². The van der Waals surface area contributed by atoms with Gasteiger partial charge in [-0.05, 0) is 68.1 Å². The van der Waals surface area contributed by atoms with Gasteiger partial charge in [0.05, 0.1) is 6.61 Å². The van der Waals surface area contributed by atoms with Crippen LogP contribution in [0, 0.1) is 5.92 Å². The van der Waals surface area contributed by atoms with E-state index in [2.05, 4.69) is 65.6 Å². The zero-order chi connectivity index (χ0) is 20.9. The number of nitrogens with zero attached hydrogens (tertiary/aromatic N) is 1. The number of hydrogen-bond donors (Lipinski definition) is 0. The van der Waals surface area contributed by atoms with Gasteiger partial charge < -0.3 is 9.15 Å². The molecule has 31 heavy (non-hydrogen) atoms. The summed E-state index contributed by atoms with van der Waals surface area (Å²) in [6.45, 7) is 4.17. The van der Waals surface area contributed by atoms with Gasteiger partial charge in [-0.2, -0.15) is 0 Å². The Balaban J connectivity index is 1.08. The standard InChI is InChI=1S/C28H29NO2/c1-2-7-22(8-3-1)9-6-17-29-18-14-23(15-19-29)16-20-30-24-12-13-28-26(21-24)25-10-4-5-11-27(25)31-28/h1-13,21,23H,14-20H2. The molecule has 5 rings (SSSR count). The van der Waals surface area contributed by atoms with Gasteiger partial charge in [-0.15, -0.1) is 0 Å². The van der Waals surface area contributed by atoms with E-state index in [9.17, 15) is 0 Å². The molecule has 1 aliphatic rings. The molecule has 0 amide bonds. The minimum absolute atomic E-state index is 0.757. The molecule has 0 saturated carbocycles. The minimum atomic E-state index is 0.757. The summed E-state index contributed by atoms with van der Waals surface area (Å²) in [5, 5.41) is 2.28. The molecule has 0 atom stereocenters. The topological polar surface area (TPSA) is 25.6 Å². The molecule has 3 nitrogen and oxygen atoms in total. The normalized spacial score (nSPS) is 15.9. The van der Waals surface area contributed by atoms with E-state index >= 15 is 0 Å². The molecule has 0 aliphatic carbocycles. The number of ether oxygens (including phenoxy) is 1. The molecule has 0 N–H and O–H groups in total. The first-order valence-electron chi connectivity index (χ1n) is 11.3. The van der Waals surface area contributed by atoms with Crippen molar-refractivity contribution in [2.75, 3.05) is 26.2 Å². The lowest BCUT2D eigenvalue weighted by Gasteiger charge is -2.31. The van der Waals surface area contributed by atoms with Crippen LogP contribution in [0.4, 0.5) is 0 Å². The summed E-state index contributed by atoms with van der Waals surface area (Å²) in [4.78, 5) is 2.55. The molecule has 0 unspecified atom stereocenters. The Kier molecular flexibility index (Phi) is 6.03. The Bertz CT molecular complexity index is 1150. The van der Waals surface area contributed by atoms with Crippen LogP contribution in [0.5, 0.6) is 5.75 Å². The van der Waals surface area contributed by atoms with Crippen molar-refractivity contribution in [1.29, 1.82) is 0 Å². The third-order valence-electron chi connectivity index (χ3n) is 6.32. The van der Waals surface area contributed by atoms with E-state index in [-0.39, 0.29) is 0 Å². The van der Waals surface area contributed by atoms with E-state index in [1.54, 1.807) is 0 Å². The SMILES string of the molecule is C(=Cc1ccccc1)CN1CCC(CCOc2ccc3oc4ccccc4c3c2)CC1. The lowest BCUT2D eigenvalue weighted by Crippen LogP contribution is -2.34. The molecule has 158 valence electrons. The summed E-state index contributed by atoms with van der Waals surface area (Å²) in [5.41, 5.74) is 3.12. The summed E-state index contributed by atoms with van der Waals surface area (Å²) in [6.07, 6.45) is 8.15. The monoisotopic (exact) mass is 411 g/mol. The van der Waals surface area contributed by atoms with Crippen LogP contribution in [0.15, 0.2) is 83.3 Å². The van der Waals surface area contributed by atoms with Crippen molar-refractivity contribution in [3.05, 3.63) is 84.4 Å². The van der Waals surface area contributed by atoms with Gasteiger partial charge in [-0.25, -0.2) is 0 Å². The molecule has 3 heteroatoms. The Morgan fingerprint density at radius 2 is 1.65 bits per heavy atom. The van der Waals surface area contributed by atoms with E-state index < -0.39 is 0 Å². The van der Waals surface area contributed by atoms with Crippen molar-refractivity contribution in [2.24, 2.45) is 5.92 Å². The van der Waals surface area contributed by atoms with Crippen LogP contribution in [0.25, 0.3) is 28.0 Å². The van der Waals surface area contributed by atoms with Gasteiger partial charge in [0.25, 0.3) is 0 Å². The molecule has 0 bridgehead atoms. The predicted molar refractivity (Wildman–Crippen MR) is 128 cm³/mol. The molecule has 1 fully saturated rings. The highest BCUT2D eigenvalue weighted by Gasteiger charge is 2.18. The molecular weight excluding hydrogens is 382 g/mol. The maximum Gasteiger partial charge on any atom is 0.135 e. The number of benzene rings is 3. The Morgan fingerprint density at radius 3 is 2.52 bits per heavy atom. The molecule has 4 aromatic rings. The predicted octanol–water partition coefficient (Wildman–Crippen LogP) is 6.78. The van der Waals surface area contributed by atoms with E-state index in [1.165, 1.54) is 31.5 Å². The van der Waals surface area contributed by atoms with Crippen LogP contribution in [0.1, 0.15) is 24.8 Å². The zero-order valence-electron chi connectivity index (χ0n) is 17.9. The number of para-hydroxylation sites is 1. The number of rotatable bonds is 7. The molecule has 2 heterocycles. The zero-order valence-corrected chi connectivity index (χ0v) is 17.9. The Hall–Kier alpha value is -3.04. The Labute approximate surface area is 183 Å². The lowest BCUT2D eigenvalue weighted by atomic mass is 9.94. The number of furan rings is 1. The summed E-state index contributed by atoms with van der Waals surface area (Å²) < 4.78 is 12.0. The first kappa shape index (κ1) is 19.9. The highest BCUT2D eigenvalue weighted by atomic mass is 16.5. The van der Waals surface area contributed by atoms with Crippen molar-refractivity contribution in [1.82, 2.24) is 4.90 Å². The number of likely N-dealkylation sites (tertiary alicyclic amines) is 1. The molecular formula is C28H29NO2. The van der Waals surface area contributed by atoms with E-state index in [0.717, 1.165) is 53.2 Å². The molecule has 1 aromatic heterocycles. The summed E-state index contributed by atoms with van der Waals surface area (Å²) in [6, 6.07) is 24.9. The van der Waals surface area contributed by atoms with Crippen molar-refractivity contribution in [2.45, 2.75) is 19.3 Å². The fourth-order valence-corrected chi connectivity index (χ4v) is 4.50. The van der Waals surface area contributed by atoms with Crippen LogP contribution in [-0.4, -0.2) is 31.1 Å². The third kappa shape index (κ3) is 4.83. The van der Waals surface area contributed by atoms with Crippen LogP contribution in [0.3, 0.4) is 0 Å².